The summed E-state index contributed by atoms with van der Waals surface area (Å²) in [5.74, 6) is 0.823. The first-order chi connectivity index (χ1) is 12.5. The summed E-state index contributed by atoms with van der Waals surface area (Å²) in [5.41, 5.74) is 2.28. The standard InChI is InChI=1S/C19H25N3O3S/c1-25-18-5-3-15(4-6-18)19(16-7-11-20-12-8-16)21-17-9-13-22(14-10-17)26(2,23)24/h3-8,11-12,17,19,21H,9-10,13-14H2,1-2H3. The minimum absolute atomic E-state index is 0.0266. The van der Waals surface area contributed by atoms with Crippen molar-refractivity contribution in [2.45, 2.75) is 24.9 Å². The number of nitrogens with zero attached hydrogens (tertiary/aromatic N) is 2. The molecule has 1 fully saturated rings. The number of pyridine rings is 1. The van der Waals surface area contributed by atoms with Crippen molar-refractivity contribution in [1.82, 2.24) is 14.6 Å². The zero-order valence-corrected chi connectivity index (χ0v) is 15.9. The second kappa shape index (κ2) is 8.16. The highest BCUT2D eigenvalue weighted by Crippen LogP contribution is 2.26. The lowest BCUT2D eigenvalue weighted by Gasteiger charge is -2.33. The maximum atomic E-state index is 11.7. The molecule has 1 aliphatic rings. The lowest BCUT2D eigenvalue weighted by atomic mass is 9.96. The summed E-state index contributed by atoms with van der Waals surface area (Å²) in [5, 5.41) is 3.71. The average Bonchev–Trinajstić information content (AvgIpc) is 2.66. The number of nitrogens with one attached hydrogen (secondary N) is 1. The van der Waals surface area contributed by atoms with Gasteiger partial charge in [-0.05, 0) is 48.2 Å². The van der Waals surface area contributed by atoms with Crippen molar-refractivity contribution in [3.8, 4) is 5.75 Å². The Hall–Kier alpha value is -1.96. The van der Waals surface area contributed by atoms with E-state index >= 15 is 0 Å². The van der Waals surface area contributed by atoms with Crippen LogP contribution < -0.4 is 10.1 Å². The summed E-state index contributed by atoms with van der Waals surface area (Å²) in [6.45, 7) is 1.12. The number of methoxy groups -OCH3 is 1. The Morgan fingerprint density at radius 2 is 1.65 bits per heavy atom. The molecule has 0 aliphatic carbocycles. The number of sulfonamides is 1. The first-order valence-electron chi connectivity index (χ1n) is 8.72. The van der Waals surface area contributed by atoms with Gasteiger partial charge < -0.3 is 10.1 Å². The van der Waals surface area contributed by atoms with E-state index in [1.807, 2.05) is 24.3 Å². The normalized spacial score (nSPS) is 17.8. The Labute approximate surface area is 155 Å². The Morgan fingerprint density at radius 3 is 2.19 bits per heavy atom. The summed E-state index contributed by atoms with van der Waals surface area (Å²) < 4.78 is 30.2. The van der Waals surface area contributed by atoms with Gasteiger partial charge in [0.1, 0.15) is 5.75 Å². The zero-order valence-electron chi connectivity index (χ0n) is 15.1. The summed E-state index contributed by atoms with van der Waals surface area (Å²) in [7, 11) is -1.45. The molecule has 1 N–H and O–H groups in total. The van der Waals surface area contributed by atoms with E-state index in [1.54, 1.807) is 23.8 Å². The lowest BCUT2D eigenvalue weighted by molar-refractivity contribution is 0.282. The molecule has 2 aromatic rings. The van der Waals surface area contributed by atoms with Gasteiger partial charge in [-0.1, -0.05) is 12.1 Å². The second-order valence-corrected chi connectivity index (χ2v) is 8.57. The van der Waals surface area contributed by atoms with E-state index in [9.17, 15) is 8.42 Å². The molecular weight excluding hydrogens is 350 g/mol. The molecule has 0 spiro atoms. The van der Waals surface area contributed by atoms with Crippen molar-refractivity contribution >= 4 is 10.0 Å². The Balaban J connectivity index is 1.77. The van der Waals surface area contributed by atoms with Crippen LogP contribution in [-0.4, -0.2) is 50.2 Å². The molecule has 6 nitrogen and oxygen atoms in total. The van der Waals surface area contributed by atoms with Crippen molar-refractivity contribution in [2.24, 2.45) is 0 Å². The molecule has 2 heterocycles. The number of aromatic nitrogens is 1. The monoisotopic (exact) mass is 375 g/mol. The van der Waals surface area contributed by atoms with E-state index in [1.165, 1.54) is 6.26 Å². The Bertz CT molecular complexity index is 802. The molecule has 3 rings (SSSR count). The van der Waals surface area contributed by atoms with E-state index in [4.69, 9.17) is 4.74 Å². The molecule has 1 unspecified atom stereocenters. The highest BCUT2D eigenvalue weighted by molar-refractivity contribution is 7.88. The van der Waals surface area contributed by atoms with Gasteiger partial charge in [-0.2, -0.15) is 0 Å². The molecule has 0 amide bonds. The van der Waals surface area contributed by atoms with Crippen molar-refractivity contribution in [3.05, 3.63) is 59.9 Å². The predicted octanol–water partition coefficient (Wildman–Crippen LogP) is 2.19. The fraction of sp³-hybridized carbons (Fsp3) is 0.421. The van der Waals surface area contributed by atoms with Crippen LogP contribution in [0.4, 0.5) is 0 Å². The summed E-state index contributed by atoms with van der Waals surface area (Å²) in [6.07, 6.45) is 6.45. The minimum atomic E-state index is -3.11. The highest BCUT2D eigenvalue weighted by Gasteiger charge is 2.27. The molecule has 0 bridgehead atoms. The van der Waals surface area contributed by atoms with Gasteiger partial charge in [0.2, 0.25) is 10.0 Å². The van der Waals surface area contributed by atoms with Gasteiger partial charge >= 0.3 is 0 Å². The lowest BCUT2D eigenvalue weighted by Crippen LogP contribution is -2.45. The third kappa shape index (κ3) is 4.60. The van der Waals surface area contributed by atoms with E-state index < -0.39 is 10.0 Å². The smallest absolute Gasteiger partial charge is 0.211 e. The van der Waals surface area contributed by atoms with Crippen LogP contribution in [0, 0.1) is 0 Å². The van der Waals surface area contributed by atoms with Gasteiger partial charge in [-0.3, -0.25) is 4.98 Å². The minimum Gasteiger partial charge on any atom is -0.497 e. The van der Waals surface area contributed by atoms with Crippen LogP contribution in [0.25, 0.3) is 0 Å². The van der Waals surface area contributed by atoms with Crippen molar-refractivity contribution in [3.63, 3.8) is 0 Å². The maximum absolute atomic E-state index is 11.7. The van der Waals surface area contributed by atoms with Gasteiger partial charge in [-0.25, -0.2) is 12.7 Å². The van der Waals surface area contributed by atoms with Crippen LogP contribution in [0.1, 0.15) is 30.0 Å². The van der Waals surface area contributed by atoms with Gasteiger partial charge in [0.15, 0.2) is 0 Å². The first kappa shape index (κ1) is 18.8. The third-order valence-corrected chi connectivity index (χ3v) is 6.12. The van der Waals surface area contributed by atoms with Gasteiger partial charge in [0.25, 0.3) is 0 Å². The van der Waals surface area contributed by atoms with Crippen molar-refractivity contribution in [1.29, 1.82) is 0 Å². The van der Waals surface area contributed by atoms with Crippen LogP contribution in [0.5, 0.6) is 5.75 Å². The van der Waals surface area contributed by atoms with Gasteiger partial charge in [0.05, 0.1) is 19.4 Å². The fourth-order valence-electron chi connectivity index (χ4n) is 3.33. The van der Waals surface area contributed by atoms with Crippen molar-refractivity contribution in [2.75, 3.05) is 26.5 Å². The van der Waals surface area contributed by atoms with E-state index in [0.29, 0.717) is 13.1 Å². The molecule has 0 radical (unpaired) electrons. The SMILES string of the molecule is COc1ccc(C(NC2CCN(S(C)(=O)=O)CC2)c2ccncc2)cc1. The van der Waals surface area contributed by atoms with Crippen LogP contribution in [0.2, 0.25) is 0 Å². The molecule has 26 heavy (non-hydrogen) atoms. The zero-order chi connectivity index (χ0) is 18.6. The predicted molar refractivity (Wildman–Crippen MR) is 102 cm³/mol. The number of hydrogen-bond acceptors (Lipinski definition) is 5. The van der Waals surface area contributed by atoms with E-state index in [0.717, 1.165) is 29.7 Å². The summed E-state index contributed by atoms with van der Waals surface area (Å²) in [4.78, 5) is 4.11. The average molecular weight is 375 g/mol. The number of piperidine rings is 1. The highest BCUT2D eigenvalue weighted by atomic mass is 32.2. The number of benzene rings is 1. The molecule has 1 aliphatic heterocycles. The number of rotatable bonds is 6. The summed E-state index contributed by atoms with van der Waals surface area (Å²) >= 11 is 0. The number of hydrogen-bond donors (Lipinski definition) is 1. The molecule has 7 heteroatoms. The first-order valence-corrected chi connectivity index (χ1v) is 10.6. The van der Waals surface area contributed by atoms with E-state index in [-0.39, 0.29) is 12.1 Å². The molecule has 1 aromatic heterocycles. The van der Waals surface area contributed by atoms with Crippen LogP contribution in [0.3, 0.4) is 0 Å². The fourth-order valence-corrected chi connectivity index (χ4v) is 4.20. The van der Waals surface area contributed by atoms with Gasteiger partial charge in [-0.15, -0.1) is 0 Å². The van der Waals surface area contributed by atoms with Crippen LogP contribution >= 0.6 is 0 Å². The largest absolute Gasteiger partial charge is 0.497 e. The van der Waals surface area contributed by atoms with Crippen LogP contribution in [-0.2, 0) is 10.0 Å². The van der Waals surface area contributed by atoms with Crippen molar-refractivity contribution < 1.29 is 13.2 Å². The molecule has 1 saturated heterocycles. The van der Waals surface area contributed by atoms with Gasteiger partial charge in [0, 0.05) is 31.5 Å². The van der Waals surface area contributed by atoms with Crippen LogP contribution in [0.15, 0.2) is 48.8 Å². The third-order valence-electron chi connectivity index (χ3n) is 4.81. The topological polar surface area (TPSA) is 71.5 Å². The molecule has 1 atom stereocenters. The Kier molecular flexibility index (Phi) is 5.90. The second-order valence-electron chi connectivity index (χ2n) is 6.59. The van der Waals surface area contributed by atoms with E-state index in [2.05, 4.69) is 22.4 Å². The molecular formula is C19H25N3O3S. The molecule has 1 aromatic carbocycles. The molecule has 140 valence electrons. The maximum Gasteiger partial charge on any atom is 0.211 e. The molecule has 0 saturated carbocycles. The number of ether oxygens (including phenoxy) is 1. The Morgan fingerprint density at radius 1 is 1.08 bits per heavy atom. The summed E-state index contributed by atoms with van der Waals surface area (Å²) in [6, 6.07) is 12.3. The quantitative estimate of drug-likeness (QED) is 0.838.